The van der Waals surface area contributed by atoms with Crippen molar-refractivity contribution >= 4 is 12.6 Å². The number of aldehydes is 2. The van der Waals surface area contributed by atoms with Crippen LogP contribution in [0.25, 0.3) is 0 Å². The molecular weight excluding hydrogens is 230 g/mol. The molecule has 1 fully saturated rings. The molecule has 4 nitrogen and oxygen atoms in total. The number of benzene rings is 1. The molecule has 0 spiro atoms. The summed E-state index contributed by atoms with van der Waals surface area (Å²) in [6, 6.07) is 6.99. The van der Waals surface area contributed by atoms with Crippen molar-refractivity contribution < 1.29 is 14.7 Å². The zero-order valence-electron chi connectivity index (χ0n) is 9.90. The molecule has 1 aromatic rings. The lowest BCUT2D eigenvalue weighted by atomic mass is 9.87. The fourth-order valence-electron chi connectivity index (χ4n) is 3.09. The Kier molecular flexibility index (Phi) is 2.76. The van der Waals surface area contributed by atoms with E-state index in [1.165, 1.54) is 0 Å². The Labute approximate surface area is 105 Å². The first kappa shape index (κ1) is 11.6. The van der Waals surface area contributed by atoms with Crippen LogP contribution in [0.5, 0.6) is 0 Å². The van der Waals surface area contributed by atoms with Crippen molar-refractivity contribution in [3.05, 3.63) is 35.4 Å². The third-order valence-electron chi connectivity index (χ3n) is 4.04. The molecule has 2 atom stereocenters. The fraction of sp³-hybridized carbons (Fsp3) is 0.429. The summed E-state index contributed by atoms with van der Waals surface area (Å²) in [4.78, 5) is 24.6. The average molecular weight is 245 g/mol. The van der Waals surface area contributed by atoms with Crippen molar-refractivity contribution in [1.29, 1.82) is 0 Å². The van der Waals surface area contributed by atoms with Gasteiger partial charge in [-0.2, -0.15) is 0 Å². The number of hydrogen-bond donors (Lipinski definition) is 1. The highest BCUT2D eigenvalue weighted by atomic mass is 16.3. The zero-order chi connectivity index (χ0) is 12.7. The van der Waals surface area contributed by atoms with Crippen LogP contribution < -0.4 is 0 Å². The van der Waals surface area contributed by atoms with E-state index in [9.17, 15) is 14.7 Å². The van der Waals surface area contributed by atoms with Gasteiger partial charge in [0.05, 0.1) is 18.2 Å². The topological polar surface area (TPSA) is 57.6 Å². The van der Waals surface area contributed by atoms with E-state index in [-0.39, 0.29) is 24.2 Å². The quantitative estimate of drug-likeness (QED) is 0.807. The number of carbonyl (C=O) groups excluding carboxylic acids is 2. The Morgan fingerprint density at radius 1 is 1.06 bits per heavy atom. The number of hydrogen-bond acceptors (Lipinski definition) is 4. The Bertz CT molecular complexity index is 447. The second kappa shape index (κ2) is 4.30. The number of fused-ring (bicyclic) bond motifs is 1. The number of aliphatic hydroxyl groups is 1. The normalized spacial score (nSPS) is 34.7. The Hall–Kier alpha value is -1.52. The molecule has 1 saturated carbocycles. The van der Waals surface area contributed by atoms with Crippen molar-refractivity contribution in [3.8, 4) is 0 Å². The molecular formula is C14H15NO3. The van der Waals surface area contributed by atoms with Gasteiger partial charge in [0.2, 0.25) is 0 Å². The minimum Gasteiger partial charge on any atom is -0.393 e. The zero-order valence-corrected chi connectivity index (χ0v) is 9.90. The molecule has 94 valence electrons. The largest absolute Gasteiger partial charge is 0.393 e. The molecule has 1 aromatic carbocycles. The molecule has 2 unspecified atom stereocenters. The molecule has 1 aliphatic heterocycles. The van der Waals surface area contributed by atoms with Crippen LogP contribution in [0.15, 0.2) is 24.3 Å². The second-order valence-corrected chi connectivity index (χ2v) is 5.02. The van der Waals surface area contributed by atoms with Crippen LogP contribution in [-0.2, 0) is 9.59 Å². The van der Waals surface area contributed by atoms with Gasteiger partial charge in [0, 0.05) is 6.04 Å². The van der Waals surface area contributed by atoms with Crippen LogP contribution >= 0.6 is 0 Å². The lowest BCUT2D eigenvalue weighted by Crippen LogP contribution is -2.48. The van der Waals surface area contributed by atoms with E-state index in [0.29, 0.717) is 12.8 Å². The van der Waals surface area contributed by atoms with E-state index in [2.05, 4.69) is 0 Å². The Balaban J connectivity index is 1.99. The minimum atomic E-state index is -0.353. The summed E-state index contributed by atoms with van der Waals surface area (Å²) < 4.78 is 0. The molecule has 0 saturated heterocycles. The van der Waals surface area contributed by atoms with E-state index in [4.69, 9.17) is 0 Å². The monoisotopic (exact) mass is 245 g/mol. The maximum atomic E-state index is 11.3. The van der Waals surface area contributed by atoms with Gasteiger partial charge in [-0.1, -0.05) is 24.3 Å². The van der Waals surface area contributed by atoms with Crippen molar-refractivity contribution in [2.75, 3.05) is 0 Å². The van der Waals surface area contributed by atoms with E-state index < -0.39 is 0 Å². The van der Waals surface area contributed by atoms with Crippen LogP contribution in [-0.4, -0.2) is 34.7 Å². The Morgan fingerprint density at radius 2 is 1.56 bits per heavy atom. The molecule has 0 amide bonds. The third kappa shape index (κ3) is 1.53. The number of rotatable bonds is 3. The maximum absolute atomic E-state index is 11.3. The van der Waals surface area contributed by atoms with Gasteiger partial charge in [0.1, 0.15) is 12.6 Å². The molecule has 2 aliphatic rings. The highest BCUT2D eigenvalue weighted by molar-refractivity contribution is 5.73. The van der Waals surface area contributed by atoms with Crippen molar-refractivity contribution in [1.82, 2.24) is 4.90 Å². The SMILES string of the molecule is O=CC1c2ccccc2C(C=O)N1C1CC(O)C1. The summed E-state index contributed by atoms with van der Waals surface area (Å²) >= 11 is 0. The summed E-state index contributed by atoms with van der Waals surface area (Å²) in [6.07, 6.45) is 2.78. The average Bonchev–Trinajstić information content (AvgIpc) is 2.68. The van der Waals surface area contributed by atoms with Gasteiger partial charge >= 0.3 is 0 Å². The third-order valence-corrected chi connectivity index (χ3v) is 4.04. The van der Waals surface area contributed by atoms with E-state index in [1.54, 1.807) is 0 Å². The molecule has 0 aromatic heterocycles. The summed E-state index contributed by atoms with van der Waals surface area (Å²) in [5.41, 5.74) is 1.84. The molecule has 1 heterocycles. The predicted molar refractivity (Wildman–Crippen MR) is 64.9 cm³/mol. The first-order chi connectivity index (χ1) is 8.76. The van der Waals surface area contributed by atoms with Gasteiger partial charge in [-0.3, -0.25) is 4.90 Å². The van der Waals surface area contributed by atoms with Crippen LogP contribution in [0.3, 0.4) is 0 Å². The van der Waals surface area contributed by atoms with Crippen molar-refractivity contribution in [2.45, 2.75) is 37.1 Å². The van der Waals surface area contributed by atoms with Crippen LogP contribution in [0.4, 0.5) is 0 Å². The van der Waals surface area contributed by atoms with E-state index in [1.807, 2.05) is 29.2 Å². The minimum absolute atomic E-state index is 0.123. The van der Waals surface area contributed by atoms with Crippen LogP contribution in [0.1, 0.15) is 36.1 Å². The lowest BCUT2D eigenvalue weighted by molar-refractivity contribution is -0.122. The summed E-state index contributed by atoms with van der Waals surface area (Å²) in [5, 5.41) is 9.41. The predicted octanol–water partition coefficient (Wildman–Crippen LogP) is 1.01. The summed E-state index contributed by atoms with van der Waals surface area (Å²) in [5.74, 6) is 0. The van der Waals surface area contributed by atoms with Gasteiger partial charge in [0.25, 0.3) is 0 Å². The highest BCUT2D eigenvalue weighted by Gasteiger charge is 2.45. The van der Waals surface area contributed by atoms with Gasteiger partial charge in [-0.15, -0.1) is 0 Å². The summed E-state index contributed by atoms with van der Waals surface area (Å²) in [6.45, 7) is 0. The number of aliphatic hydroxyl groups excluding tert-OH is 1. The van der Waals surface area contributed by atoms with Crippen LogP contribution in [0, 0.1) is 0 Å². The van der Waals surface area contributed by atoms with Crippen LogP contribution in [0.2, 0.25) is 0 Å². The summed E-state index contributed by atoms with van der Waals surface area (Å²) in [7, 11) is 0. The molecule has 3 rings (SSSR count). The van der Waals surface area contributed by atoms with Gasteiger partial charge < -0.3 is 14.7 Å². The van der Waals surface area contributed by atoms with Gasteiger partial charge in [-0.05, 0) is 24.0 Å². The number of carbonyl (C=O) groups is 2. The van der Waals surface area contributed by atoms with E-state index >= 15 is 0 Å². The first-order valence-corrected chi connectivity index (χ1v) is 6.21. The lowest BCUT2D eigenvalue weighted by Gasteiger charge is -2.42. The molecule has 4 heteroatoms. The first-order valence-electron chi connectivity index (χ1n) is 6.21. The van der Waals surface area contributed by atoms with Crippen molar-refractivity contribution in [2.24, 2.45) is 0 Å². The Morgan fingerprint density at radius 3 is 1.94 bits per heavy atom. The smallest absolute Gasteiger partial charge is 0.141 e. The fourth-order valence-corrected chi connectivity index (χ4v) is 3.09. The van der Waals surface area contributed by atoms with Crippen molar-refractivity contribution in [3.63, 3.8) is 0 Å². The van der Waals surface area contributed by atoms with E-state index in [0.717, 1.165) is 23.7 Å². The second-order valence-electron chi connectivity index (χ2n) is 5.02. The molecule has 0 radical (unpaired) electrons. The molecule has 18 heavy (non-hydrogen) atoms. The van der Waals surface area contributed by atoms with Gasteiger partial charge in [-0.25, -0.2) is 0 Å². The molecule has 1 aliphatic carbocycles. The molecule has 0 bridgehead atoms. The maximum Gasteiger partial charge on any atom is 0.141 e. The number of nitrogens with zero attached hydrogens (tertiary/aromatic N) is 1. The standard InChI is InChI=1S/C14H15NO3/c16-7-13-11-3-1-2-4-12(11)14(8-17)15(13)9-5-10(18)6-9/h1-4,7-10,13-14,18H,5-6H2. The highest BCUT2D eigenvalue weighted by Crippen LogP contribution is 2.45. The molecule has 1 N–H and O–H groups in total. The van der Waals surface area contributed by atoms with Gasteiger partial charge in [0.15, 0.2) is 0 Å².